The van der Waals surface area contributed by atoms with Crippen molar-refractivity contribution in [2.45, 2.75) is 78.9 Å². The standard InChI is InChI=1S/C19H38N4O2.HI/c1-8-20-16(22-18(2,3)4)21-12-11-15-10-9-13-23(14-15)17(24)25-19(5,6)7;/h15H,8-14H2,1-7H3,(H2,20,21,22);1H. The first-order valence-electron chi connectivity index (χ1n) is 9.54. The highest BCUT2D eigenvalue weighted by Crippen LogP contribution is 2.21. The molecule has 0 spiro atoms. The number of carbonyl (C=O) groups excluding carboxylic acids is 1. The molecule has 0 aromatic carbocycles. The summed E-state index contributed by atoms with van der Waals surface area (Å²) in [6.07, 6.45) is 2.98. The number of hydrogen-bond acceptors (Lipinski definition) is 3. The summed E-state index contributed by atoms with van der Waals surface area (Å²) in [6, 6.07) is 0. The highest BCUT2D eigenvalue weighted by atomic mass is 127. The van der Waals surface area contributed by atoms with E-state index in [1.807, 2.05) is 25.7 Å². The molecule has 0 aliphatic carbocycles. The zero-order valence-corrected chi connectivity index (χ0v) is 20.0. The highest BCUT2D eigenvalue weighted by Gasteiger charge is 2.27. The number of aliphatic imine (C=N–C) groups is 1. The molecule has 2 N–H and O–H groups in total. The Kier molecular flexibility index (Phi) is 10.9. The second-order valence-electron chi connectivity index (χ2n) is 8.86. The topological polar surface area (TPSA) is 66.0 Å². The first-order valence-corrected chi connectivity index (χ1v) is 9.54. The van der Waals surface area contributed by atoms with E-state index in [2.05, 4.69) is 43.3 Å². The molecule has 1 fully saturated rings. The lowest BCUT2D eigenvalue weighted by Gasteiger charge is -2.34. The van der Waals surface area contributed by atoms with E-state index in [-0.39, 0.29) is 35.6 Å². The van der Waals surface area contributed by atoms with E-state index < -0.39 is 5.60 Å². The lowest BCUT2D eigenvalue weighted by Crippen LogP contribution is -2.47. The minimum absolute atomic E-state index is 0. The molecule has 0 radical (unpaired) electrons. The summed E-state index contributed by atoms with van der Waals surface area (Å²) in [4.78, 5) is 18.8. The van der Waals surface area contributed by atoms with E-state index in [1.165, 1.54) is 0 Å². The van der Waals surface area contributed by atoms with Gasteiger partial charge in [0.2, 0.25) is 0 Å². The van der Waals surface area contributed by atoms with E-state index in [1.54, 1.807) is 0 Å². The average Bonchev–Trinajstić information content (AvgIpc) is 2.44. The Bertz CT molecular complexity index is 455. The average molecular weight is 482 g/mol. The molecule has 1 aliphatic heterocycles. The number of carbonyl (C=O) groups is 1. The Morgan fingerprint density at radius 1 is 1.23 bits per heavy atom. The van der Waals surface area contributed by atoms with E-state index in [9.17, 15) is 4.79 Å². The van der Waals surface area contributed by atoms with Gasteiger partial charge in [0, 0.05) is 31.7 Å². The molecule has 1 heterocycles. The van der Waals surface area contributed by atoms with Crippen molar-refractivity contribution in [2.75, 3.05) is 26.2 Å². The van der Waals surface area contributed by atoms with Crippen LogP contribution in [0, 0.1) is 5.92 Å². The monoisotopic (exact) mass is 482 g/mol. The second kappa shape index (κ2) is 11.2. The molecule has 1 rings (SSSR count). The maximum absolute atomic E-state index is 12.2. The Hall–Kier alpha value is -0.730. The van der Waals surface area contributed by atoms with Gasteiger partial charge >= 0.3 is 6.09 Å². The molecule has 0 bridgehead atoms. The van der Waals surface area contributed by atoms with E-state index in [4.69, 9.17) is 4.74 Å². The van der Waals surface area contributed by atoms with Gasteiger partial charge in [0.1, 0.15) is 5.60 Å². The van der Waals surface area contributed by atoms with Crippen molar-refractivity contribution < 1.29 is 9.53 Å². The van der Waals surface area contributed by atoms with Crippen molar-refractivity contribution >= 4 is 36.0 Å². The first-order chi connectivity index (χ1) is 11.5. The van der Waals surface area contributed by atoms with Crippen LogP contribution in [0.1, 0.15) is 67.7 Å². The van der Waals surface area contributed by atoms with Crippen molar-refractivity contribution in [1.29, 1.82) is 0 Å². The number of nitrogens with one attached hydrogen (secondary N) is 2. The third-order valence-electron chi connectivity index (χ3n) is 3.82. The summed E-state index contributed by atoms with van der Waals surface area (Å²) in [5.41, 5.74) is -0.451. The molecule has 154 valence electrons. The molecule has 1 atom stereocenters. The zero-order valence-electron chi connectivity index (χ0n) is 17.6. The number of hydrogen-bond donors (Lipinski definition) is 2. The van der Waals surface area contributed by atoms with Gasteiger partial charge in [-0.25, -0.2) is 4.79 Å². The molecule has 1 saturated heterocycles. The van der Waals surface area contributed by atoms with Crippen LogP contribution in [0.3, 0.4) is 0 Å². The van der Waals surface area contributed by atoms with E-state index in [0.717, 1.165) is 51.4 Å². The predicted octanol–water partition coefficient (Wildman–Crippen LogP) is 4.00. The molecule has 1 unspecified atom stereocenters. The second-order valence-corrected chi connectivity index (χ2v) is 8.86. The van der Waals surface area contributed by atoms with Crippen molar-refractivity contribution in [3.8, 4) is 0 Å². The molecule has 26 heavy (non-hydrogen) atoms. The van der Waals surface area contributed by atoms with Crippen LogP contribution in [0.25, 0.3) is 0 Å². The minimum atomic E-state index is -0.437. The highest BCUT2D eigenvalue weighted by molar-refractivity contribution is 14.0. The van der Waals surface area contributed by atoms with Crippen LogP contribution < -0.4 is 10.6 Å². The van der Waals surface area contributed by atoms with Gasteiger partial charge in [0.15, 0.2) is 5.96 Å². The number of guanidine groups is 1. The van der Waals surface area contributed by atoms with Crippen molar-refractivity contribution in [3.05, 3.63) is 0 Å². The van der Waals surface area contributed by atoms with Gasteiger partial charge in [-0.2, -0.15) is 0 Å². The maximum Gasteiger partial charge on any atom is 0.410 e. The molecule has 0 aromatic heterocycles. The summed E-state index contributed by atoms with van der Waals surface area (Å²) in [5, 5.41) is 6.69. The van der Waals surface area contributed by atoms with Crippen LogP contribution in [0.4, 0.5) is 4.79 Å². The lowest BCUT2D eigenvalue weighted by molar-refractivity contribution is 0.0163. The van der Waals surface area contributed by atoms with Gasteiger partial charge in [-0.1, -0.05) is 0 Å². The summed E-state index contributed by atoms with van der Waals surface area (Å²) < 4.78 is 5.49. The third-order valence-corrected chi connectivity index (χ3v) is 3.82. The number of amides is 1. The van der Waals surface area contributed by atoms with Crippen LogP contribution >= 0.6 is 24.0 Å². The van der Waals surface area contributed by atoms with Gasteiger partial charge in [0.25, 0.3) is 0 Å². The lowest BCUT2D eigenvalue weighted by atomic mass is 9.95. The summed E-state index contributed by atoms with van der Waals surface area (Å²) >= 11 is 0. The number of nitrogens with zero attached hydrogens (tertiary/aromatic N) is 2. The smallest absolute Gasteiger partial charge is 0.410 e. The quantitative estimate of drug-likeness (QED) is 0.361. The molecule has 1 amide bonds. The molecular weight excluding hydrogens is 443 g/mol. The number of piperidine rings is 1. The van der Waals surface area contributed by atoms with Gasteiger partial charge in [-0.3, -0.25) is 4.99 Å². The zero-order chi connectivity index (χ0) is 19.1. The molecule has 1 aliphatic rings. The fourth-order valence-corrected chi connectivity index (χ4v) is 2.81. The van der Waals surface area contributed by atoms with Crippen LogP contribution in [-0.4, -0.2) is 54.3 Å². The Labute approximate surface area is 176 Å². The minimum Gasteiger partial charge on any atom is -0.444 e. The van der Waals surface area contributed by atoms with Gasteiger partial charge in [0.05, 0.1) is 0 Å². The number of rotatable bonds is 4. The normalized spacial score (nSPS) is 18.8. The van der Waals surface area contributed by atoms with Crippen LogP contribution in [0.2, 0.25) is 0 Å². The largest absolute Gasteiger partial charge is 0.444 e. The maximum atomic E-state index is 12.2. The van der Waals surface area contributed by atoms with Crippen LogP contribution in [-0.2, 0) is 4.74 Å². The fraction of sp³-hybridized carbons (Fsp3) is 0.895. The Balaban J connectivity index is 0.00000625. The van der Waals surface area contributed by atoms with Crippen molar-refractivity contribution in [1.82, 2.24) is 15.5 Å². The predicted molar refractivity (Wildman–Crippen MR) is 119 cm³/mol. The Morgan fingerprint density at radius 2 is 1.88 bits per heavy atom. The SMILES string of the molecule is CCNC(=NCCC1CCCN(C(=O)OC(C)(C)C)C1)NC(C)(C)C.I. The van der Waals surface area contributed by atoms with Crippen LogP contribution in [0.15, 0.2) is 4.99 Å². The molecule has 7 heteroatoms. The summed E-state index contributed by atoms with van der Waals surface area (Å²) in [6.45, 7) is 17.3. The van der Waals surface area contributed by atoms with E-state index in [0.29, 0.717) is 5.92 Å². The van der Waals surface area contributed by atoms with Gasteiger partial charge in [-0.05, 0) is 73.6 Å². The van der Waals surface area contributed by atoms with Gasteiger partial charge in [-0.15, -0.1) is 24.0 Å². The molecule has 6 nitrogen and oxygen atoms in total. The third kappa shape index (κ3) is 11.1. The molecular formula is C19H39IN4O2. The number of likely N-dealkylation sites (tertiary alicyclic amines) is 1. The summed E-state index contributed by atoms with van der Waals surface area (Å²) in [5.74, 6) is 1.34. The Morgan fingerprint density at radius 3 is 2.42 bits per heavy atom. The van der Waals surface area contributed by atoms with Crippen molar-refractivity contribution in [2.24, 2.45) is 10.9 Å². The van der Waals surface area contributed by atoms with Crippen molar-refractivity contribution in [3.63, 3.8) is 0 Å². The van der Waals surface area contributed by atoms with Crippen LogP contribution in [0.5, 0.6) is 0 Å². The fourth-order valence-electron chi connectivity index (χ4n) is 2.81. The summed E-state index contributed by atoms with van der Waals surface area (Å²) in [7, 11) is 0. The van der Waals surface area contributed by atoms with Gasteiger partial charge < -0.3 is 20.3 Å². The molecule has 0 saturated carbocycles. The first kappa shape index (κ1) is 25.3. The number of ether oxygens (including phenoxy) is 1. The molecule has 0 aromatic rings. The van der Waals surface area contributed by atoms with E-state index >= 15 is 0 Å². The number of halogens is 1.